The van der Waals surface area contributed by atoms with Crippen molar-refractivity contribution >= 4 is 5.97 Å². The van der Waals surface area contributed by atoms with E-state index in [9.17, 15) is 9.59 Å². The first-order valence-electron chi connectivity index (χ1n) is 5.44. The van der Waals surface area contributed by atoms with Gasteiger partial charge in [0, 0.05) is 18.5 Å². The molecule has 0 radical (unpaired) electrons. The second-order valence-electron chi connectivity index (χ2n) is 3.82. The van der Waals surface area contributed by atoms with Crippen LogP contribution >= 0.6 is 0 Å². The van der Waals surface area contributed by atoms with Gasteiger partial charge in [-0.1, -0.05) is 12.5 Å². The fourth-order valence-corrected chi connectivity index (χ4v) is 1.56. The van der Waals surface area contributed by atoms with Crippen molar-refractivity contribution in [1.29, 1.82) is 0 Å². The summed E-state index contributed by atoms with van der Waals surface area (Å²) in [7, 11) is 0. The molecule has 2 rings (SSSR count). The van der Waals surface area contributed by atoms with E-state index in [0.717, 1.165) is 5.56 Å². The molecule has 2 aromatic heterocycles. The molecule has 0 fully saturated rings. The minimum Gasteiger partial charge on any atom is -0.369 e. The largest absolute Gasteiger partial charge is 0.369 e. The van der Waals surface area contributed by atoms with Crippen LogP contribution in [0, 0.1) is 19.5 Å². The number of aromatic nitrogens is 2. The van der Waals surface area contributed by atoms with Crippen LogP contribution in [0.25, 0.3) is 5.82 Å². The molecule has 0 N–H and O–H groups in total. The Bertz CT molecular complexity index is 726. The topological polar surface area (TPSA) is 61.2 Å². The second-order valence-corrected chi connectivity index (χ2v) is 3.82. The molecule has 0 aliphatic rings. The standard InChI is InChI=1S/C14H10N2O3/c1-3-19-14(18)11-6-7-15-12(8-11)16-9-10(2)4-5-13(16)17/h1,4-9H,2H3. The molecule has 5 heteroatoms. The number of pyridine rings is 2. The summed E-state index contributed by atoms with van der Waals surface area (Å²) in [6, 6.07) is 6.04. The Morgan fingerprint density at radius 3 is 2.95 bits per heavy atom. The third-order valence-corrected chi connectivity index (χ3v) is 2.44. The molecule has 94 valence electrons. The van der Waals surface area contributed by atoms with Gasteiger partial charge in [-0.05, 0) is 24.6 Å². The predicted molar refractivity (Wildman–Crippen MR) is 68.8 cm³/mol. The lowest BCUT2D eigenvalue weighted by molar-refractivity contribution is 0.0691. The second kappa shape index (κ2) is 5.19. The van der Waals surface area contributed by atoms with Gasteiger partial charge in [-0.15, -0.1) is 0 Å². The first-order valence-corrected chi connectivity index (χ1v) is 5.44. The average molecular weight is 254 g/mol. The maximum Gasteiger partial charge on any atom is 0.352 e. The first-order chi connectivity index (χ1) is 9.11. The lowest BCUT2D eigenvalue weighted by Crippen LogP contribution is -2.18. The fourth-order valence-electron chi connectivity index (χ4n) is 1.56. The Balaban J connectivity index is 2.50. The number of esters is 1. The summed E-state index contributed by atoms with van der Waals surface area (Å²) in [5.41, 5.74) is 0.898. The van der Waals surface area contributed by atoms with Crippen molar-refractivity contribution in [2.75, 3.05) is 0 Å². The molecule has 0 atom stereocenters. The maximum atomic E-state index is 11.8. The van der Waals surface area contributed by atoms with E-state index in [1.165, 1.54) is 29.0 Å². The molecule has 0 unspecified atom stereocenters. The van der Waals surface area contributed by atoms with E-state index in [2.05, 4.69) is 9.72 Å². The van der Waals surface area contributed by atoms with Crippen LogP contribution in [0.2, 0.25) is 0 Å². The Kier molecular flexibility index (Phi) is 3.44. The normalized spacial score (nSPS) is 9.68. The molecular weight excluding hydrogens is 244 g/mol. The molecule has 0 aliphatic carbocycles. The highest BCUT2D eigenvalue weighted by Gasteiger charge is 2.09. The van der Waals surface area contributed by atoms with Crippen LogP contribution in [0.1, 0.15) is 15.9 Å². The van der Waals surface area contributed by atoms with E-state index in [1.54, 1.807) is 12.3 Å². The highest BCUT2D eigenvalue weighted by Crippen LogP contribution is 2.07. The van der Waals surface area contributed by atoms with Crippen LogP contribution in [0.5, 0.6) is 0 Å². The average Bonchev–Trinajstić information content (AvgIpc) is 2.42. The number of rotatable bonds is 2. The van der Waals surface area contributed by atoms with Gasteiger partial charge >= 0.3 is 5.97 Å². The zero-order valence-corrected chi connectivity index (χ0v) is 10.2. The van der Waals surface area contributed by atoms with Crippen LogP contribution in [0.15, 0.2) is 41.5 Å². The number of ether oxygens (including phenoxy) is 1. The van der Waals surface area contributed by atoms with Gasteiger partial charge in [0.15, 0.2) is 0 Å². The Morgan fingerprint density at radius 2 is 2.21 bits per heavy atom. The van der Waals surface area contributed by atoms with Crippen molar-refractivity contribution in [1.82, 2.24) is 9.55 Å². The summed E-state index contributed by atoms with van der Waals surface area (Å²) in [5, 5.41) is 0. The van der Waals surface area contributed by atoms with Crippen LogP contribution in [-0.4, -0.2) is 15.5 Å². The molecular formula is C14H10N2O3. The number of terminal acetylenes is 1. The monoisotopic (exact) mass is 254 g/mol. The van der Waals surface area contributed by atoms with Crippen molar-refractivity contribution in [2.24, 2.45) is 0 Å². The lowest BCUT2D eigenvalue weighted by atomic mass is 10.2. The van der Waals surface area contributed by atoms with E-state index in [-0.39, 0.29) is 11.1 Å². The fraction of sp³-hybridized carbons (Fsp3) is 0.0714. The van der Waals surface area contributed by atoms with E-state index in [0.29, 0.717) is 5.82 Å². The molecule has 2 heterocycles. The summed E-state index contributed by atoms with van der Waals surface area (Å²) in [5.74, 6) is -0.327. The van der Waals surface area contributed by atoms with E-state index in [4.69, 9.17) is 6.42 Å². The van der Waals surface area contributed by atoms with E-state index < -0.39 is 5.97 Å². The molecule has 0 saturated heterocycles. The van der Waals surface area contributed by atoms with Gasteiger partial charge in [0.25, 0.3) is 5.56 Å². The Hall–Kier alpha value is -2.87. The smallest absolute Gasteiger partial charge is 0.352 e. The summed E-state index contributed by atoms with van der Waals surface area (Å²) in [4.78, 5) is 27.3. The Labute approximate surface area is 109 Å². The molecule has 0 aliphatic heterocycles. The van der Waals surface area contributed by atoms with Crippen molar-refractivity contribution in [3.8, 4) is 18.3 Å². The van der Waals surface area contributed by atoms with Crippen molar-refractivity contribution in [3.63, 3.8) is 0 Å². The van der Waals surface area contributed by atoms with Crippen molar-refractivity contribution < 1.29 is 9.53 Å². The first kappa shape index (κ1) is 12.6. The molecule has 0 spiro atoms. The number of nitrogens with zero attached hydrogens (tertiary/aromatic N) is 2. The third kappa shape index (κ3) is 2.69. The summed E-state index contributed by atoms with van der Waals surface area (Å²) < 4.78 is 5.80. The molecule has 5 nitrogen and oxygen atoms in total. The van der Waals surface area contributed by atoms with Crippen LogP contribution in [-0.2, 0) is 4.74 Å². The zero-order chi connectivity index (χ0) is 13.8. The summed E-state index contributed by atoms with van der Waals surface area (Å²) in [6.45, 7) is 1.85. The number of hydrogen-bond acceptors (Lipinski definition) is 4. The number of aryl methyl sites for hydroxylation is 1. The SMILES string of the molecule is C#COC(=O)c1ccnc(-n2cc(C)ccc2=O)c1. The number of carbonyl (C=O) groups excluding carboxylic acids is 1. The van der Waals surface area contributed by atoms with Crippen molar-refractivity contribution in [3.05, 3.63) is 58.1 Å². The van der Waals surface area contributed by atoms with Crippen LogP contribution < -0.4 is 5.56 Å². The minimum atomic E-state index is -0.660. The molecule has 2 aromatic rings. The highest BCUT2D eigenvalue weighted by atomic mass is 16.5. The summed E-state index contributed by atoms with van der Waals surface area (Å²) in [6.07, 6.45) is 9.76. The van der Waals surface area contributed by atoms with E-state index in [1.807, 2.05) is 13.0 Å². The predicted octanol–water partition coefficient (Wildman–Crippen LogP) is 1.29. The molecule has 0 saturated carbocycles. The third-order valence-electron chi connectivity index (χ3n) is 2.44. The van der Waals surface area contributed by atoms with Gasteiger partial charge in [-0.2, -0.15) is 0 Å². The number of carbonyl (C=O) groups is 1. The van der Waals surface area contributed by atoms with Crippen molar-refractivity contribution in [2.45, 2.75) is 6.92 Å². The van der Waals surface area contributed by atoms with Gasteiger partial charge in [0.1, 0.15) is 11.9 Å². The minimum absolute atomic E-state index is 0.233. The highest BCUT2D eigenvalue weighted by molar-refractivity contribution is 5.90. The maximum absolute atomic E-state index is 11.8. The van der Waals surface area contributed by atoms with E-state index >= 15 is 0 Å². The zero-order valence-electron chi connectivity index (χ0n) is 10.2. The lowest BCUT2D eigenvalue weighted by Gasteiger charge is -2.06. The van der Waals surface area contributed by atoms with Gasteiger partial charge in [0.05, 0.1) is 5.56 Å². The molecule has 19 heavy (non-hydrogen) atoms. The number of hydrogen-bond donors (Lipinski definition) is 0. The molecule has 0 amide bonds. The van der Waals surface area contributed by atoms with Gasteiger partial charge in [0.2, 0.25) is 0 Å². The molecule has 0 aromatic carbocycles. The molecule has 0 bridgehead atoms. The summed E-state index contributed by atoms with van der Waals surface area (Å²) >= 11 is 0. The quantitative estimate of drug-likeness (QED) is 0.598. The van der Waals surface area contributed by atoms with Gasteiger partial charge in [-0.25, -0.2) is 9.78 Å². The van der Waals surface area contributed by atoms with Gasteiger partial charge in [-0.3, -0.25) is 9.36 Å². The van der Waals surface area contributed by atoms with Crippen LogP contribution in [0.4, 0.5) is 0 Å². The van der Waals surface area contributed by atoms with Crippen LogP contribution in [0.3, 0.4) is 0 Å². The Morgan fingerprint density at radius 1 is 1.42 bits per heavy atom. The van der Waals surface area contributed by atoms with Gasteiger partial charge < -0.3 is 4.74 Å².